The molecule has 0 saturated heterocycles. The van der Waals surface area contributed by atoms with E-state index in [2.05, 4.69) is 82.4 Å². The van der Waals surface area contributed by atoms with Gasteiger partial charge in [0.1, 0.15) is 0 Å². The fourth-order valence-electron chi connectivity index (χ4n) is 6.19. The lowest BCUT2D eigenvalue weighted by molar-refractivity contribution is -0.129. The van der Waals surface area contributed by atoms with Gasteiger partial charge in [-0.25, -0.2) is 9.97 Å². The molecule has 8 bridgehead atoms. The number of aromatic amines is 2. The van der Waals surface area contributed by atoms with Crippen LogP contribution in [0.3, 0.4) is 0 Å². The average molecular weight is 596 g/mol. The van der Waals surface area contributed by atoms with Crippen molar-refractivity contribution in [3.63, 3.8) is 0 Å². The third kappa shape index (κ3) is 5.73. The summed E-state index contributed by atoms with van der Waals surface area (Å²) < 4.78 is 0. The van der Waals surface area contributed by atoms with E-state index in [1.165, 1.54) is 11.1 Å². The van der Waals surface area contributed by atoms with Gasteiger partial charge in [-0.3, -0.25) is 4.79 Å². The number of alkyl halides is 1. The molecule has 0 spiro atoms. The Hall–Kier alpha value is -3.90. The number of allylic oxidation sites excluding steroid dienone is 3. The predicted molar refractivity (Wildman–Crippen MR) is 183 cm³/mol. The normalized spacial score (nSPS) is 13.0. The number of rotatable bonds is 8. The lowest BCUT2D eigenvalue weighted by Crippen LogP contribution is -2.27. The van der Waals surface area contributed by atoms with Gasteiger partial charge in [0.2, 0.25) is 5.91 Å². The maximum Gasteiger partial charge on any atom is 0.222 e. The zero-order chi connectivity index (χ0) is 31.0. The molecule has 2 aliphatic rings. The zero-order valence-electron chi connectivity index (χ0n) is 26.5. The second-order valence-corrected chi connectivity index (χ2v) is 12.1. The van der Waals surface area contributed by atoms with Gasteiger partial charge < -0.3 is 14.9 Å². The molecule has 3 aromatic rings. The Morgan fingerprint density at radius 3 is 2.35 bits per heavy atom. The fourth-order valence-corrected chi connectivity index (χ4v) is 6.31. The third-order valence-corrected chi connectivity index (χ3v) is 9.23. The van der Waals surface area contributed by atoms with Gasteiger partial charge in [-0.2, -0.15) is 0 Å². The van der Waals surface area contributed by atoms with Gasteiger partial charge in [-0.05, 0) is 112 Å². The molecule has 0 saturated carbocycles. The van der Waals surface area contributed by atoms with E-state index in [0.29, 0.717) is 25.3 Å². The summed E-state index contributed by atoms with van der Waals surface area (Å²) in [6.07, 6.45) is 6.77. The molecule has 3 aromatic heterocycles. The van der Waals surface area contributed by atoms with Gasteiger partial charge in [0.25, 0.3) is 0 Å². The molecule has 5 heterocycles. The quantitative estimate of drug-likeness (QED) is 0.255. The number of hydrogen-bond acceptors (Lipinski definition) is 3. The Morgan fingerprint density at radius 1 is 0.953 bits per heavy atom. The lowest BCUT2D eigenvalue weighted by atomic mass is 9.98. The van der Waals surface area contributed by atoms with Gasteiger partial charge in [0, 0.05) is 59.1 Å². The molecular formula is C36H42ClN5O. The van der Waals surface area contributed by atoms with Crippen molar-refractivity contribution >= 4 is 68.4 Å². The first-order valence-corrected chi connectivity index (χ1v) is 15.7. The van der Waals surface area contributed by atoms with Crippen LogP contribution >= 0.6 is 11.6 Å². The van der Waals surface area contributed by atoms with Crippen LogP contribution in [0.1, 0.15) is 90.6 Å². The summed E-state index contributed by atoms with van der Waals surface area (Å²) in [6, 6.07) is 6.48. The first kappa shape index (κ1) is 30.6. The number of halogens is 1. The standard InChI is InChI=1S/C36H42ClN5O/c1-9-25-22(5)31-19-34-26(10-2)21(4)30(39-34)18-32-23(6)27(12-13-35(43)42(8)15-11-14-37)36(41-32)24(7)29-16-20(3)28(38-29)17-33(25)40-31/h10,16-19,39-40H,2,9,11-15H2,1,3-8H3. The third-order valence-electron chi connectivity index (χ3n) is 8.96. The Morgan fingerprint density at radius 2 is 1.65 bits per heavy atom. The minimum Gasteiger partial charge on any atom is -0.355 e. The Kier molecular flexibility index (Phi) is 8.79. The lowest BCUT2D eigenvalue weighted by Gasteiger charge is -2.17. The van der Waals surface area contributed by atoms with E-state index >= 15 is 0 Å². The minimum absolute atomic E-state index is 0.112. The number of nitrogens with zero attached hydrogens (tertiary/aromatic N) is 3. The maximum atomic E-state index is 13.0. The molecule has 0 aliphatic carbocycles. The van der Waals surface area contributed by atoms with Crippen LogP contribution in [0.2, 0.25) is 0 Å². The fraction of sp³-hybridized carbons (Fsp3) is 0.361. The SMILES string of the molecule is C=Cc1c(C)c2cc3nc(c(C)c4nc(cc5[nH]c(cc1[nH]2)c(C)c5CC)C(C)=C4)C(CCC(=O)N(C)CCCCl)=C3C. The monoisotopic (exact) mass is 595 g/mol. The van der Waals surface area contributed by atoms with Gasteiger partial charge in [0.05, 0.1) is 22.8 Å². The van der Waals surface area contributed by atoms with Gasteiger partial charge >= 0.3 is 0 Å². The van der Waals surface area contributed by atoms with E-state index in [1.54, 1.807) is 4.90 Å². The Balaban J connectivity index is 1.79. The van der Waals surface area contributed by atoms with Crippen molar-refractivity contribution in [2.75, 3.05) is 19.5 Å². The number of nitrogens with one attached hydrogen (secondary N) is 2. The Labute approximate surface area is 259 Å². The van der Waals surface area contributed by atoms with Crippen molar-refractivity contribution in [2.45, 2.75) is 67.2 Å². The smallest absolute Gasteiger partial charge is 0.222 e. The molecule has 5 rings (SSSR count). The molecule has 0 atom stereocenters. The van der Waals surface area contributed by atoms with E-state index in [4.69, 9.17) is 21.6 Å². The molecule has 224 valence electrons. The number of fused-ring (bicyclic) bond motifs is 8. The highest BCUT2D eigenvalue weighted by Gasteiger charge is 2.23. The van der Waals surface area contributed by atoms with Crippen molar-refractivity contribution in [3.8, 4) is 0 Å². The van der Waals surface area contributed by atoms with Crippen LogP contribution in [0.4, 0.5) is 0 Å². The van der Waals surface area contributed by atoms with Crippen LogP contribution in [0.15, 0.2) is 24.8 Å². The Bertz CT molecular complexity index is 1850. The minimum atomic E-state index is 0.112. The molecule has 2 aliphatic heterocycles. The number of carbonyl (C=O) groups excluding carboxylic acids is 1. The molecule has 0 aromatic carbocycles. The number of carbonyl (C=O) groups is 1. The molecule has 1 amide bonds. The molecule has 43 heavy (non-hydrogen) atoms. The first-order valence-electron chi connectivity index (χ1n) is 15.1. The van der Waals surface area contributed by atoms with Crippen molar-refractivity contribution in [1.82, 2.24) is 24.8 Å². The summed E-state index contributed by atoms with van der Waals surface area (Å²) >= 11 is 5.86. The first-order chi connectivity index (χ1) is 20.6. The number of H-pyrrole nitrogens is 2. The zero-order valence-corrected chi connectivity index (χ0v) is 27.2. The molecule has 7 heteroatoms. The predicted octanol–water partition coefficient (Wildman–Crippen LogP) is 8.80. The van der Waals surface area contributed by atoms with E-state index < -0.39 is 0 Å². The number of aryl methyl sites for hydroxylation is 3. The molecule has 2 N–H and O–H groups in total. The number of hydrogen-bond donors (Lipinski definition) is 2. The van der Waals surface area contributed by atoms with Crippen molar-refractivity contribution in [1.29, 1.82) is 0 Å². The summed E-state index contributed by atoms with van der Waals surface area (Å²) in [5.41, 5.74) is 16.8. The summed E-state index contributed by atoms with van der Waals surface area (Å²) in [5, 5.41) is 0. The van der Waals surface area contributed by atoms with E-state index in [-0.39, 0.29) is 5.91 Å². The van der Waals surface area contributed by atoms with Crippen LogP contribution in [-0.4, -0.2) is 50.2 Å². The van der Waals surface area contributed by atoms with Crippen LogP contribution in [0.5, 0.6) is 0 Å². The van der Waals surface area contributed by atoms with Gasteiger partial charge in [0.15, 0.2) is 0 Å². The van der Waals surface area contributed by atoms with Gasteiger partial charge in [-0.15, -0.1) is 11.6 Å². The van der Waals surface area contributed by atoms with Crippen LogP contribution in [-0.2, 0) is 11.2 Å². The topological polar surface area (TPSA) is 77.7 Å². The van der Waals surface area contributed by atoms with Crippen LogP contribution in [0, 0.1) is 20.8 Å². The van der Waals surface area contributed by atoms with Crippen molar-refractivity contribution in [2.24, 2.45) is 0 Å². The number of aromatic nitrogens is 4. The highest BCUT2D eigenvalue weighted by atomic mass is 35.5. The maximum absolute atomic E-state index is 13.0. The average Bonchev–Trinajstić information content (AvgIpc) is 3.68. The van der Waals surface area contributed by atoms with Crippen LogP contribution in [0.25, 0.3) is 50.9 Å². The van der Waals surface area contributed by atoms with Crippen molar-refractivity contribution < 1.29 is 4.79 Å². The van der Waals surface area contributed by atoms with E-state index in [9.17, 15) is 4.79 Å². The highest BCUT2D eigenvalue weighted by molar-refractivity contribution is 6.17. The highest BCUT2D eigenvalue weighted by Crippen LogP contribution is 2.37. The molecule has 0 unspecified atom stereocenters. The molecular weight excluding hydrogens is 554 g/mol. The summed E-state index contributed by atoms with van der Waals surface area (Å²) in [6.45, 7) is 17.6. The molecule has 6 nitrogen and oxygen atoms in total. The van der Waals surface area contributed by atoms with E-state index in [0.717, 1.165) is 91.1 Å². The second kappa shape index (κ2) is 12.4. The van der Waals surface area contributed by atoms with Crippen LogP contribution < -0.4 is 0 Å². The van der Waals surface area contributed by atoms with Crippen molar-refractivity contribution in [3.05, 3.63) is 75.4 Å². The summed E-state index contributed by atoms with van der Waals surface area (Å²) in [4.78, 5) is 32.4. The largest absolute Gasteiger partial charge is 0.355 e. The molecule has 0 radical (unpaired) electrons. The number of amides is 1. The molecule has 0 fully saturated rings. The second-order valence-electron chi connectivity index (χ2n) is 11.7. The summed E-state index contributed by atoms with van der Waals surface area (Å²) in [7, 11) is 1.85. The van der Waals surface area contributed by atoms with Gasteiger partial charge in [-0.1, -0.05) is 19.6 Å². The summed E-state index contributed by atoms with van der Waals surface area (Å²) in [5.74, 6) is 0.655. The van der Waals surface area contributed by atoms with E-state index in [1.807, 2.05) is 13.1 Å².